The van der Waals surface area contributed by atoms with Gasteiger partial charge in [0.05, 0.1) is 0 Å². The summed E-state index contributed by atoms with van der Waals surface area (Å²) in [5, 5.41) is 6.63. The molecule has 1 heterocycles. The van der Waals surface area contributed by atoms with Gasteiger partial charge in [0.1, 0.15) is 0 Å². The van der Waals surface area contributed by atoms with E-state index < -0.39 is 10.8 Å². The summed E-state index contributed by atoms with van der Waals surface area (Å²) in [5.74, 6) is 0.774. The average molecular weight is 176 g/mol. The van der Waals surface area contributed by atoms with E-state index in [1.54, 1.807) is 6.26 Å². The van der Waals surface area contributed by atoms with Gasteiger partial charge in [-0.2, -0.15) is 0 Å². The maximum Gasteiger partial charge on any atom is 0.0357 e. The minimum atomic E-state index is -0.648. The van der Waals surface area contributed by atoms with Crippen LogP contribution in [0.4, 0.5) is 0 Å². The highest BCUT2D eigenvalue weighted by molar-refractivity contribution is 7.84. The van der Waals surface area contributed by atoms with E-state index in [2.05, 4.69) is 10.6 Å². The van der Waals surface area contributed by atoms with Gasteiger partial charge < -0.3 is 10.6 Å². The van der Waals surface area contributed by atoms with Gasteiger partial charge in [0.25, 0.3) is 0 Å². The molecule has 0 aromatic carbocycles. The molecule has 0 spiro atoms. The zero-order valence-corrected chi connectivity index (χ0v) is 7.75. The molecule has 2 unspecified atom stereocenters. The Labute approximate surface area is 70.4 Å². The lowest BCUT2D eigenvalue weighted by Crippen LogP contribution is -2.33. The van der Waals surface area contributed by atoms with Crippen LogP contribution in [0.2, 0.25) is 0 Å². The van der Waals surface area contributed by atoms with Crippen LogP contribution < -0.4 is 10.6 Å². The van der Waals surface area contributed by atoms with E-state index in [4.69, 9.17) is 0 Å². The molecule has 1 aliphatic rings. The third-order valence-electron chi connectivity index (χ3n) is 1.88. The molecule has 0 radical (unpaired) electrons. The molecule has 11 heavy (non-hydrogen) atoms. The topological polar surface area (TPSA) is 41.1 Å². The first-order chi connectivity index (χ1) is 5.29. The van der Waals surface area contributed by atoms with Crippen LogP contribution in [0.1, 0.15) is 6.42 Å². The molecule has 0 amide bonds. The average Bonchev–Trinajstić information content (AvgIpc) is 2.39. The zero-order valence-electron chi connectivity index (χ0n) is 6.93. The number of hydrogen-bond acceptors (Lipinski definition) is 3. The Morgan fingerprint density at radius 3 is 3.09 bits per heavy atom. The van der Waals surface area contributed by atoms with Crippen molar-refractivity contribution in [3.05, 3.63) is 0 Å². The van der Waals surface area contributed by atoms with Crippen molar-refractivity contribution in [3.8, 4) is 0 Å². The number of hydrogen-bond donors (Lipinski definition) is 2. The summed E-state index contributed by atoms with van der Waals surface area (Å²) >= 11 is 0. The Bertz CT molecular complexity index is 134. The summed E-state index contributed by atoms with van der Waals surface area (Å²) in [7, 11) is -0.648. The first-order valence-electron chi connectivity index (χ1n) is 4.03. The summed E-state index contributed by atoms with van der Waals surface area (Å²) in [6, 6.07) is 0.610. The molecule has 1 fully saturated rings. The highest BCUT2D eigenvalue weighted by Crippen LogP contribution is 1.95. The van der Waals surface area contributed by atoms with Crippen LogP contribution in [-0.2, 0) is 10.8 Å². The Kier molecular flexibility index (Phi) is 4.04. The summed E-state index contributed by atoms with van der Waals surface area (Å²) in [6.45, 7) is 3.07. The van der Waals surface area contributed by atoms with Crippen LogP contribution in [0.3, 0.4) is 0 Å². The molecule has 0 aromatic heterocycles. The van der Waals surface area contributed by atoms with Gasteiger partial charge in [0.15, 0.2) is 0 Å². The van der Waals surface area contributed by atoms with Gasteiger partial charge in [0, 0.05) is 41.9 Å². The third kappa shape index (κ3) is 3.84. The molecule has 4 heteroatoms. The molecular weight excluding hydrogens is 160 g/mol. The van der Waals surface area contributed by atoms with E-state index in [1.807, 2.05) is 0 Å². The quantitative estimate of drug-likeness (QED) is 0.596. The summed E-state index contributed by atoms with van der Waals surface area (Å²) in [5.41, 5.74) is 0. The van der Waals surface area contributed by atoms with Crippen molar-refractivity contribution in [2.24, 2.45) is 0 Å². The Morgan fingerprint density at radius 2 is 2.55 bits per heavy atom. The summed E-state index contributed by atoms with van der Waals surface area (Å²) in [6.07, 6.45) is 2.95. The van der Waals surface area contributed by atoms with Gasteiger partial charge in [0.2, 0.25) is 0 Å². The smallest absolute Gasteiger partial charge is 0.0357 e. The molecule has 0 saturated carbocycles. The van der Waals surface area contributed by atoms with Crippen molar-refractivity contribution >= 4 is 10.8 Å². The molecule has 66 valence electrons. The lowest BCUT2D eigenvalue weighted by atomic mass is 10.3. The summed E-state index contributed by atoms with van der Waals surface area (Å²) < 4.78 is 10.7. The molecule has 1 saturated heterocycles. The van der Waals surface area contributed by atoms with Crippen molar-refractivity contribution < 1.29 is 4.21 Å². The Balaban J connectivity index is 1.98. The monoisotopic (exact) mass is 176 g/mol. The Hall–Kier alpha value is 0.0700. The maximum atomic E-state index is 10.7. The molecule has 1 rings (SSSR count). The van der Waals surface area contributed by atoms with Gasteiger partial charge in [-0.25, -0.2) is 0 Å². The molecule has 1 aliphatic heterocycles. The van der Waals surface area contributed by atoms with Crippen molar-refractivity contribution in [2.75, 3.05) is 31.6 Å². The first kappa shape index (κ1) is 9.16. The lowest BCUT2D eigenvalue weighted by molar-refractivity contribution is 0.567. The fourth-order valence-electron chi connectivity index (χ4n) is 1.24. The van der Waals surface area contributed by atoms with E-state index in [0.717, 1.165) is 25.4 Å². The van der Waals surface area contributed by atoms with E-state index in [-0.39, 0.29) is 0 Å². The minimum Gasteiger partial charge on any atom is -0.315 e. The van der Waals surface area contributed by atoms with Gasteiger partial charge in [-0.3, -0.25) is 4.21 Å². The van der Waals surface area contributed by atoms with Crippen LogP contribution in [-0.4, -0.2) is 41.9 Å². The van der Waals surface area contributed by atoms with Crippen LogP contribution in [0.15, 0.2) is 0 Å². The second-order valence-electron chi connectivity index (χ2n) is 2.92. The molecule has 0 bridgehead atoms. The highest BCUT2D eigenvalue weighted by Gasteiger charge is 2.12. The number of rotatable bonds is 4. The van der Waals surface area contributed by atoms with E-state index >= 15 is 0 Å². The molecule has 2 N–H and O–H groups in total. The second kappa shape index (κ2) is 4.85. The predicted molar refractivity (Wildman–Crippen MR) is 48.2 cm³/mol. The summed E-state index contributed by atoms with van der Waals surface area (Å²) in [4.78, 5) is 0. The maximum absolute atomic E-state index is 10.7. The normalized spacial score (nSPS) is 27.2. The van der Waals surface area contributed by atoms with Gasteiger partial charge in [-0.05, 0) is 13.0 Å². The number of nitrogens with one attached hydrogen (secondary N) is 2. The fraction of sp³-hybridized carbons (Fsp3) is 1.00. The van der Waals surface area contributed by atoms with Crippen molar-refractivity contribution in [1.82, 2.24) is 10.6 Å². The van der Waals surface area contributed by atoms with Crippen LogP contribution in [0.5, 0.6) is 0 Å². The molecule has 3 nitrogen and oxygen atoms in total. The molecular formula is C7H16N2OS. The molecule has 0 aromatic rings. The van der Waals surface area contributed by atoms with Crippen molar-refractivity contribution in [3.63, 3.8) is 0 Å². The lowest BCUT2D eigenvalue weighted by Gasteiger charge is -2.09. The Morgan fingerprint density at radius 1 is 1.73 bits per heavy atom. The van der Waals surface area contributed by atoms with Crippen molar-refractivity contribution in [1.29, 1.82) is 0 Å². The third-order valence-corrected chi connectivity index (χ3v) is 2.66. The van der Waals surface area contributed by atoms with Gasteiger partial charge in [-0.15, -0.1) is 0 Å². The predicted octanol–water partition coefficient (Wildman–Crippen LogP) is -0.684. The SMILES string of the molecule is CS(=O)CCNC1CCNC1. The second-order valence-corrected chi connectivity index (χ2v) is 4.48. The molecule has 2 atom stereocenters. The van der Waals surface area contributed by atoms with E-state index in [9.17, 15) is 4.21 Å². The highest BCUT2D eigenvalue weighted by atomic mass is 32.2. The van der Waals surface area contributed by atoms with Gasteiger partial charge in [-0.1, -0.05) is 0 Å². The largest absolute Gasteiger partial charge is 0.315 e. The minimum absolute atomic E-state index is 0.610. The van der Waals surface area contributed by atoms with E-state index in [0.29, 0.717) is 6.04 Å². The van der Waals surface area contributed by atoms with Crippen molar-refractivity contribution in [2.45, 2.75) is 12.5 Å². The zero-order chi connectivity index (χ0) is 8.10. The fourth-order valence-corrected chi connectivity index (χ4v) is 1.64. The van der Waals surface area contributed by atoms with Crippen LogP contribution in [0.25, 0.3) is 0 Å². The van der Waals surface area contributed by atoms with Crippen LogP contribution in [0, 0.1) is 0 Å². The van der Waals surface area contributed by atoms with E-state index in [1.165, 1.54) is 6.42 Å². The standard InChI is InChI=1S/C7H16N2OS/c1-11(10)5-4-9-7-2-3-8-6-7/h7-9H,2-6H2,1H3. The van der Waals surface area contributed by atoms with Gasteiger partial charge >= 0.3 is 0 Å². The molecule has 0 aliphatic carbocycles. The first-order valence-corrected chi connectivity index (χ1v) is 5.76. The van der Waals surface area contributed by atoms with Crippen LogP contribution >= 0.6 is 0 Å².